The summed E-state index contributed by atoms with van der Waals surface area (Å²) in [6.07, 6.45) is -2.24. The van der Waals surface area contributed by atoms with Gasteiger partial charge in [0.05, 0.1) is 0 Å². The Bertz CT molecular complexity index is 248. The second kappa shape index (κ2) is 4.64. The molecule has 0 aromatic heterocycles. The highest BCUT2D eigenvalue weighted by Gasteiger charge is 2.20. The highest BCUT2D eigenvalue weighted by Crippen LogP contribution is 2.08. The summed E-state index contributed by atoms with van der Waals surface area (Å²) in [5, 5.41) is 0. The largest absolute Gasteiger partial charge is 0.523 e. The number of carbonyl (C=O) groups excluding carboxylic acids is 2. The Hall–Kier alpha value is -1.52. The van der Waals surface area contributed by atoms with Crippen LogP contribution in [0.5, 0.6) is 0 Å². The van der Waals surface area contributed by atoms with E-state index in [2.05, 4.69) is 16.1 Å². The minimum absolute atomic E-state index is 0.138. The van der Waals surface area contributed by atoms with E-state index in [4.69, 9.17) is 4.74 Å². The quantitative estimate of drug-likeness (QED) is 0.371. The van der Waals surface area contributed by atoms with E-state index in [0.717, 1.165) is 0 Å². The third-order valence-electron chi connectivity index (χ3n) is 0.814. The average Bonchev–Trinajstić information content (AvgIpc) is 1.77. The molecule has 0 unspecified atom stereocenters. The fourth-order valence-corrected chi connectivity index (χ4v) is 0.502. The lowest BCUT2D eigenvalue weighted by Crippen LogP contribution is -2.26. The smallest absolute Gasteiger partial charge is 0.428 e. The van der Waals surface area contributed by atoms with Crippen LogP contribution in [0.25, 0.3) is 0 Å². The van der Waals surface area contributed by atoms with E-state index in [9.17, 15) is 9.59 Å². The van der Waals surface area contributed by atoms with Crippen LogP contribution in [0.15, 0.2) is 12.3 Å². The summed E-state index contributed by atoms with van der Waals surface area (Å²) in [6, 6.07) is 0. The van der Waals surface area contributed by atoms with Gasteiger partial charge in [0.25, 0.3) is 0 Å². The molecule has 0 bridgehead atoms. The standard InChI is InChI=1S/C9H14O5/c1-6(2)12-7(10)13-8(11)14-9(3,4)5/h1H2,2-5H3. The fraction of sp³-hybridized carbons (Fsp3) is 0.556. The minimum Gasteiger partial charge on any atom is -0.428 e. The highest BCUT2D eigenvalue weighted by atomic mass is 16.8. The van der Waals surface area contributed by atoms with Crippen LogP contribution in [0.4, 0.5) is 9.59 Å². The third-order valence-corrected chi connectivity index (χ3v) is 0.814. The van der Waals surface area contributed by atoms with Gasteiger partial charge in [0.1, 0.15) is 11.4 Å². The Morgan fingerprint density at radius 1 is 1.07 bits per heavy atom. The van der Waals surface area contributed by atoms with Crippen molar-refractivity contribution in [2.75, 3.05) is 0 Å². The first-order valence-corrected chi connectivity index (χ1v) is 3.99. The van der Waals surface area contributed by atoms with Gasteiger partial charge in [0, 0.05) is 0 Å². The number of carbonyl (C=O) groups is 2. The average molecular weight is 202 g/mol. The van der Waals surface area contributed by atoms with Gasteiger partial charge in [-0.3, -0.25) is 0 Å². The van der Waals surface area contributed by atoms with Crippen LogP contribution in [0.1, 0.15) is 27.7 Å². The first kappa shape index (κ1) is 12.5. The predicted molar refractivity (Wildman–Crippen MR) is 48.6 cm³/mol. The normalized spacial score (nSPS) is 10.3. The second-order valence-corrected chi connectivity index (χ2v) is 3.62. The predicted octanol–water partition coefficient (Wildman–Crippen LogP) is 2.61. The molecule has 5 nitrogen and oxygen atoms in total. The first-order valence-electron chi connectivity index (χ1n) is 3.99. The van der Waals surface area contributed by atoms with E-state index in [-0.39, 0.29) is 5.76 Å². The van der Waals surface area contributed by atoms with Crippen LogP contribution >= 0.6 is 0 Å². The van der Waals surface area contributed by atoms with Crippen LogP contribution < -0.4 is 0 Å². The number of allylic oxidation sites excluding steroid dienone is 1. The van der Waals surface area contributed by atoms with Gasteiger partial charge in [-0.05, 0) is 27.7 Å². The SMILES string of the molecule is C=C(C)OC(=O)OC(=O)OC(C)(C)C. The van der Waals surface area contributed by atoms with E-state index in [1.54, 1.807) is 20.8 Å². The van der Waals surface area contributed by atoms with Crippen molar-refractivity contribution in [1.29, 1.82) is 0 Å². The topological polar surface area (TPSA) is 61.8 Å². The van der Waals surface area contributed by atoms with E-state index < -0.39 is 17.9 Å². The highest BCUT2D eigenvalue weighted by molar-refractivity contribution is 5.77. The van der Waals surface area contributed by atoms with E-state index in [1.807, 2.05) is 0 Å². The Morgan fingerprint density at radius 3 is 1.93 bits per heavy atom. The molecule has 0 N–H and O–H groups in total. The molecule has 0 heterocycles. The number of hydrogen-bond acceptors (Lipinski definition) is 5. The molecule has 0 aliphatic carbocycles. The van der Waals surface area contributed by atoms with E-state index in [0.29, 0.717) is 0 Å². The first-order chi connectivity index (χ1) is 6.20. The summed E-state index contributed by atoms with van der Waals surface area (Å²) >= 11 is 0. The van der Waals surface area contributed by atoms with Gasteiger partial charge in [0.15, 0.2) is 0 Å². The maximum atomic E-state index is 10.9. The van der Waals surface area contributed by atoms with Crippen molar-refractivity contribution < 1.29 is 23.8 Å². The lowest BCUT2D eigenvalue weighted by molar-refractivity contribution is -0.00259. The molecule has 0 aromatic carbocycles. The van der Waals surface area contributed by atoms with Gasteiger partial charge in [-0.25, -0.2) is 9.59 Å². The molecule has 0 atom stereocenters. The van der Waals surface area contributed by atoms with Crippen LogP contribution in [-0.2, 0) is 14.2 Å². The van der Waals surface area contributed by atoms with Gasteiger partial charge in [-0.15, -0.1) is 0 Å². The monoisotopic (exact) mass is 202 g/mol. The number of ether oxygens (including phenoxy) is 3. The zero-order chi connectivity index (χ0) is 11.4. The maximum absolute atomic E-state index is 10.9. The van der Waals surface area contributed by atoms with Crippen molar-refractivity contribution in [3.05, 3.63) is 12.3 Å². The molecular formula is C9H14O5. The molecule has 0 radical (unpaired) electrons. The number of rotatable bonds is 1. The van der Waals surface area contributed by atoms with E-state index >= 15 is 0 Å². The van der Waals surface area contributed by atoms with Crippen molar-refractivity contribution >= 4 is 12.3 Å². The van der Waals surface area contributed by atoms with Gasteiger partial charge in [-0.2, -0.15) is 0 Å². The molecule has 5 heteroatoms. The van der Waals surface area contributed by atoms with Gasteiger partial charge >= 0.3 is 12.3 Å². The molecule has 0 spiro atoms. The Labute approximate surface area is 82.6 Å². The van der Waals surface area contributed by atoms with Gasteiger partial charge in [-0.1, -0.05) is 6.58 Å². The summed E-state index contributed by atoms with van der Waals surface area (Å²) in [5.74, 6) is 0.138. The Morgan fingerprint density at radius 2 is 1.57 bits per heavy atom. The van der Waals surface area contributed by atoms with Crippen LogP contribution in [0, 0.1) is 0 Å². The lowest BCUT2D eigenvalue weighted by atomic mass is 10.2. The molecule has 0 aromatic rings. The molecule has 0 fully saturated rings. The summed E-state index contributed by atoms with van der Waals surface area (Å²) in [4.78, 5) is 21.6. The molecule has 0 rings (SSSR count). The summed E-state index contributed by atoms with van der Waals surface area (Å²) in [7, 11) is 0. The molecule has 0 saturated carbocycles. The molecule has 0 aliphatic rings. The van der Waals surface area contributed by atoms with Crippen LogP contribution in [-0.4, -0.2) is 17.9 Å². The van der Waals surface area contributed by atoms with Crippen molar-refractivity contribution in [3.8, 4) is 0 Å². The molecular weight excluding hydrogens is 188 g/mol. The van der Waals surface area contributed by atoms with Crippen molar-refractivity contribution in [3.63, 3.8) is 0 Å². The van der Waals surface area contributed by atoms with E-state index in [1.165, 1.54) is 6.92 Å². The zero-order valence-electron chi connectivity index (χ0n) is 8.75. The van der Waals surface area contributed by atoms with Crippen molar-refractivity contribution in [1.82, 2.24) is 0 Å². The lowest BCUT2D eigenvalue weighted by Gasteiger charge is -2.17. The molecule has 0 amide bonds. The third kappa shape index (κ3) is 7.15. The van der Waals surface area contributed by atoms with Crippen molar-refractivity contribution in [2.24, 2.45) is 0 Å². The molecule has 0 aliphatic heterocycles. The van der Waals surface area contributed by atoms with Gasteiger partial charge in [0.2, 0.25) is 0 Å². The fourth-order valence-electron chi connectivity index (χ4n) is 0.502. The van der Waals surface area contributed by atoms with Crippen LogP contribution in [0.2, 0.25) is 0 Å². The van der Waals surface area contributed by atoms with Crippen LogP contribution in [0.3, 0.4) is 0 Å². The number of hydrogen-bond donors (Lipinski definition) is 0. The summed E-state index contributed by atoms with van der Waals surface area (Å²) < 4.78 is 13.2. The molecule has 80 valence electrons. The zero-order valence-corrected chi connectivity index (χ0v) is 8.75. The molecule has 0 saturated heterocycles. The summed E-state index contributed by atoms with van der Waals surface area (Å²) in [5.41, 5.74) is -0.708. The Kier molecular flexibility index (Phi) is 4.14. The Balaban J connectivity index is 3.96. The minimum atomic E-state index is -1.15. The van der Waals surface area contributed by atoms with Gasteiger partial charge < -0.3 is 14.2 Å². The second-order valence-electron chi connectivity index (χ2n) is 3.62. The van der Waals surface area contributed by atoms with Crippen molar-refractivity contribution in [2.45, 2.75) is 33.3 Å². The molecule has 14 heavy (non-hydrogen) atoms. The summed E-state index contributed by atoms with van der Waals surface area (Å²) in [6.45, 7) is 9.71. The maximum Gasteiger partial charge on any atom is 0.523 e.